The maximum atomic E-state index is 13.1. The predicted molar refractivity (Wildman–Crippen MR) is 93.1 cm³/mol. The third kappa shape index (κ3) is 4.14. The summed E-state index contributed by atoms with van der Waals surface area (Å²) in [6.07, 6.45) is 4.30. The summed E-state index contributed by atoms with van der Waals surface area (Å²) in [7, 11) is 1.97. The number of carbonyl (C=O) groups is 1. The van der Waals surface area contributed by atoms with E-state index < -0.39 is 0 Å². The molecule has 0 bridgehead atoms. The number of nitrogens with one attached hydrogen (secondary N) is 1. The first-order valence-corrected chi connectivity index (χ1v) is 9.09. The Balaban J connectivity index is 1.61. The predicted octanol–water partition coefficient (Wildman–Crippen LogP) is 2.25. The van der Waals surface area contributed by atoms with Crippen LogP contribution in [-0.4, -0.2) is 55.0 Å². The zero-order valence-electron chi connectivity index (χ0n) is 14.5. The van der Waals surface area contributed by atoms with Gasteiger partial charge in [-0.2, -0.15) is 0 Å². The Morgan fingerprint density at radius 3 is 2.71 bits per heavy atom. The minimum Gasteiger partial charge on any atom is -0.341 e. The maximum Gasteiger partial charge on any atom is 0.239 e. The number of nitrogens with zero attached hydrogens (tertiary/aromatic N) is 2. The number of rotatable bonds is 5. The minimum atomic E-state index is -0.211. The number of likely N-dealkylation sites (tertiary alicyclic amines) is 2. The van der Waals surface area contributed by atoms with Crippen molar-refractivity contribution in [2.45, 2.75) is 38.3 Å². The molecule has 0 unspecified atom stereocenters. The first-order chi connectivity index (χ1) is 11.7. The Labute approximate surface area is 144 Å². The third-order valence-electron chi connectivity index (χ3n) is 5.27. The minimum absolute atomic E-state index is 0.0108. The molecule has 2 atom stereocenters. The molecule has 0 radical (unpaired) electrons. The van der Waals surface area contributed by atoms with Gasteiger partial charge in [-0.15, -0.1) is 0 Å². The normalized spacial score (nSPS) is 25.2. The molecule has 1 N–H and O–H groups in total. The topological polar surface area (TPSA) is 35.6 Å². The molecule has 0 aromatic heterocycles. The van der Waals surface area contributed by atoms with Crippen LogP contribution < -0.4 is 5.32 Å². The Bertz CT molecular complexity index is 546. The molecular formula is C19H28FN3O. The van der Waals surface area contributed by atoms with E-state index in [1.165, 1.54) is 18.6 Å². The first-order valence-electron chi connectivity index (χ1n) is 9.09. The van der Waals surface area contributed by atoms with E-state index in [0.29, 0.717) is 5.92 Å². The van der Waals surface area contributed by atoms with Gasteiger partial charge in [0.05, 0.1) is 6.04 Å². The number of hydrogen-bond donors (Lipinski definition) is 1. The molecule has 0 saturated carbocycles. The molecule has 2 heterocycles. The van der Waals surface area contributed by atoms with E-state index in [-0.39, 0.29) is 17.8 Å². The van der Waals surface area contributed by atoms with Crippen LogP contribution in [0.4, 0.5) is 4.39 Å². The molecule has 1 amide bonds. The largest absolute Gasteiger partial charge is 0.341 e. The van der Waals surface area contributed by atoms with Gasteiger partial charge >= 0.3 is 0 Å². The van der Waals surface area contributed by atoms with E-state index in [9.17, 15) is 9.18 Å². The van der Waals surface area contributed by atoms with Gasteiger partial charge in [-0.3, -0.25) is 9.69 Å². The summed E-state index contributed by atoms with van der Waals surface area (Å²) >= 11 is 0. The summed E-state index contributed by atoms with van der Waals surface area (Å²) in [5.74, 6) is 0.645. The van der Waals surface area contributed by atoms with E-state index in [2.05, 4.69) is 15.1 Å². The highest BCUT2D eigenvalue weighted by Gasteiger charge is 2.35. The molecule has 2 saturated heterocycles. The van der Waals surface area contributed by atoms with E-state index in [1.54, 1.807) is 0 Å². The van der Waals surface area contributed by atoms with E-state index in [0.717, 1.165) is 57.5 Å². The van der Waals surface area contributed by atoms with Crippen molar-refractivity contribution in [2.24, 2.45) is 5.92 Å². The SMILES string of the molecule is CNC[C@@H]1CCCN(C(=O)[C@H]2CCCN2Cc2ccc(F)cc2)C1. The van der Waals surface area contributed by atoms with Crippen LogP contribution in [0.15, 0.2) is 24.3 Å². The van der Waals surface area contributed by atoms with Gasteiger partial charge in [0.15, 0.2) is 0 Å². The van der Waals surface area contributed by atoms with Crippen molar-refractivity contribution in [3.8, 4) is 0 Å². The summed E-state index contributed by atoms with van der Waals surface area (Å²) < 4.78 is 13.1. The fourth-order valence-electron chi connectivity index (χ4n) is 4.05. The van der Waals surface area contributed by atoms with Crippen LogP contribution in [0, 0.1) is 11.7 Å². The zero-order valence-corrected chi connectivity index (χ0v) is 14.5. The molecule has 2 aliphatic heterocycles. The fourth-order valence-corrected chi connectivity index (χ4v) is 4.05. The number of hydrogen-bond acceptors (Lipinski definition) is 3. The van der Waals surface area contributed by atoms with Crippen molar-refractivity contribution in [1.29, 1.82) is 0 Å². The molecule has 24 heavy (non-hydrogen) atoms. The van der Waals surface area contributed by atoms with Crippen molar-refractivity contribution in [3.63, 3.8) is 0 Å². The molecule has 2 fully saturated rings. The molecule has 5 heteroatoms. The van der Waals surface area contributed by atoms with Crippen molar-refractivity contribution in [3.05, 3.63) is 35.6 Å². The van der Waals surface area contributed by atoms with Crippen LogP contribution in [0.25, 0.3) is 0 Å². The summed E-state index contributed by atoms with van der Waals surface area (Å²) in [5.41, 5.74) is 1.07. The lowest BCUT2D eigenvalue weighted by atomic mass is 9.97. The molecule has 0 spiro atoms. The molecule has 4 nitrogen and oxygen atoms in total. The fraction of sp³-hybridized carbons (Fsp3) is 0.632. The van der Waals surface area contributed by atoms with E-state index in [4.69, 9.17) is 0 Å². The number of piperidine rings is 1. The van der Waals surface area contributed by atoms with Crippen LogP contribution in [0.1, 0.15) is 31.2 Å². The Morgan fingerprint density at radius 2 is 1.96 bits per heavy atom. The average molecular weight is 333 g/mol. The van der Waals surface area contributed by atoms with Gasteiger partial charge < -0.3 is 10.2 Å². The molecule has 0 aliphatic carbocycles. The second kappa shape index (κ2) is 8.08. The van der Waals surface area contributed by atoms with Gasteiger partial charge in [0.25, 0.3) is 0 Å². The number of benzene rings is 1. The van der Waals surface area contributed by atoms with Crippen LogP contribution in [0.3, 0.4) is 0 Å². The molecular weight excluding hydrogens is 305 g/mol. The number of halogens is 1. The number of carbonyl (C=O) groups excluding carboxylic acids is 1. The molecule has 1 aromatic carbocycles. The molecule has 3 rings (SSSR count). The zero-order chi connectivity index (χ0) is 16.9. The highest BCUT2D eigenvalue weighted by Crippen LogP contribution is 2.24. The lowest BCUT2D eigenvalue weighted by molar-refractivity contribution is -0.138. The van der Waals surface area contributed by atoms with Crippen LogP contribution in [0.2, 0.25) is 0 Å². The standard InChI is InChI=1S/C19H28FN3O/c1-21-12-16-4-2-11-23(14-16)19(24)18-5-3-10-22(18)13-15-6-8-17(20)9-7-15/h6-9,16,18,21H,2-5,10-14H2,1H3/t16-,18+/m0/s1. The van der Waals surface area contributed by atoms with Gasteiger partial charge in [-0.05, 0) is 69.4 Å². The van der Waals surface area contributed by atoms with Crippen LogP contribution in [-0.2, 0) is 11.3 Å². The van der Waals surface area contributed by atoms with Gasteiger partial charge in [0, 0.05) is 19.6 Å². The Kier molecular flexibility index (Phi) is 5.85. The summed E-state index contributed by atoms with van der Waals surface area (Å²) in [4.78, 5) is 17.3. The van der Waals surface area contributed by atoms with Gasteiger partial charge in [-0.25, -0.2) is 4.39 Å². The lowest BCUT2D eigenvalue weighted by Gasteiger charge is -2.36. The van der Waals surface area contributed by atoms with Crippen molar-refractivity contribution >= 4 is 5.91 Å². The molecule has 1 aromatic rings. The van der Waals surface area contributed by atoms with Crippen LogP contribution in [0.5, 0.6) is 0 Å². The molecule has 2 aliphatic rings. The first kappa shape index (κ1) is 17.4. The molecule has 132 valence electrons. The number of amides is 1. The third-order valence-corrected chi connectivity index (χ3v) is 5.27. The van der Waals surface area contributed by atoms with Crippen molar-refractivity contribution in [1.82, 2.24) is 15.1 Å². The Hall–Kier alpha value is -1.46. The van der Waals surface area contributed by atoms with Gasteiger partial charge in [0.2, 0.25) is 5.91 Å². The quantitative estimate of drug-likeness (QED) is 0.898. The van der Waals surface area contributed by atoms with Crippen molar-refractivity contribution in [2.75, 3.05) is 33.2 Å². The van der Waals surface area contributed by atoms with Gasteiger partial charge in [-0.1, -0.05) is 12.1 Å². The van der Waals surface area contributed by atoms with E-state index in [1.807, 2.05) is 19.2 Å². The second-order valence-corrected chi connectivity index (χ2v) is 7.11. The van der Waals surface area contributed by atoms with Crippen LogP contribution >= 0.6 is 0 Å². The van der Waals surface area contributed by atoms with Crippen molar-refractivity contribution < 1.29 is 9.18 Å². The summed E-state index contributed by atoms with van der Waals surface area (Å²) in [5, 5.41) is 3.23. The lowest BCUT2D eigenvalue weighted by Crippen LogP contribution is -2.50. The smallest absolute Gasteiger partial charge is 0.239 e. The Morgan fingerprint density at radius 1 is 1.21 bits per heavy atom. The monoisotopic (exact) mass is 333 g/mol. The summed E-state index contributed by atoms with van der Waals surface area (Å²) in [6, 6.07) is 6.62. The van der Waals surface area contributed by atoms with Gasteiger partial charge in [0.1, 0.15) is 5.82 Å². The maximum absolute atomic E-state index is 13.1. The second-order valence-electron chi connectivity index (χ2n) is 7.11. The highest BCUT2D eigenvalue weighted by atomic mass is 19.1. The summed E-state index contributed by atoms with van der Waals surface area (Å²) in [6.45, 7) is 4.42. The average Bonchev–Trinajstić information content (AvgIpc) is 3.05. The van der Waals surface area contributed by atoms with E-state index >= 15 is 0 Å². The highest BCUT2D eigenvalue weighted by molar-refractivity contribution is 5.82.